The Hall–Kier alpha value is -0.770. The lowest BCUT2D eigenvalue weighted by molar-refractivity contribution is 0.0992. The maximum Gasteiger partial charge on any atom is 0.191 e. The highest BCUT2D eigenvalue weighted by Gasteiger charge is 2.53. The van der Waals surface area contributed by atoms with Gasteiger partial charge in [-0.05, 0) is 56.3 Å². The number of aliphatic imine (C=N–C) groups is 1. The first-order valence-corrected chi connectivity index (χ1v) is 7.92. The zero-order valence-corrected chi connectivity index (χ0v) is 11.8. The first kappa shape index (κ1) is 12.0. The number of hydrogen-bond donors (Lipinski definition) is 2. The molecule has 3 unspecified atom stereocenters. The van der Waals surface area contributed by atoms with E-state index in [9.17, 15) is 0 Å². The van der Waals surface area contributed by atoms with Crippen LogP contribution in [-0.4, -0.2) is 37.8 Å². The fraction of sp³-hybridized carbons (Fsp3) is 0.933. The summed E-state index contributed by atoms with van der Waals surface area (Å²) in [6.07, 6.45) is 10.3. The molecule has 2 saturated carbocycles. The van der Waals surface area contributed by atoms with Gasteiger partial charge in [-0.2, -0.15) is 0 Å². The van der Waals surface area contributed by atoms with Gasteiger partial charge in [-0.15, -0.1) is 0 Å². The number of nitrogens with zero attached hydrogens (tertiary/aromatic N) is 1. The van der Waals surface area contributed by atoms with Crippen LogP contribution in [0.2, 0.25) is 0 Å². The van der Waals surface area contributed by atoms with Crippen molar-refractivity contribution in [3.63, 3.8) is 0 Å². The fourth-order valence-corrected chi connectivity index (χ4v) is 4.01. The molecule has 2 saturated heterocycles. The summed E-state index contributed by atoms with van der Waals surface area (Å²) in [6, 6.07) is 0.473. The Bertz CT molecular complexity index is 387. The molecule has 4 nitrogen and oxygen atoms in total. The van der Waals surface area contributed by atoms with Crippen molar-refractivity contribution in [3.05, 3.63) is 0 Å². The molecule has 4 rings (SSSR count). The normalized spacial score (nSPS) is 39.4. The van der Waals surface area contributed by atoms with E-state index >= 15 is 0 Å². The van der Waals surface area contributed by atoms with Crippen LogP contribution in [0.3, 0.4) is 0 Å². The Labute approximate surface area is 115 Å². The summed E-state index contributed by atoms with van der Waals surface area (Å²) >= 11 is 0. The van der Waals surface area contributed by atoms with Gasteiger partial charge in [-0.25, -0.2) is 0 Å². The van der Waals surface area contributed by atoms with Crippen LogP contribution in [0.15, 0.2) is 4.99 Å². The van der Waals surface area contributed by atoms with Gasteiger partial charge < -0.3 is 15.4 Å². The minimum absolute atomic E-state index is 0.418. The summed E-state index contributed by atoms with van der Waals surface area (Å²) in [5.41, 5.74) is 0.628. The predicted molar refractivity (Wildman–Crippen MR) is 75.2 cm³/mol. The molecule has 106 valence electrons. The minimum atomic E-state index is 0.418. The van der Waals surface area contributed by atoms with Crippen LogP contribution in [0.25, 0.3) is 0 Å². The molecular formula is C15H25N3O. The van der Waals surface area contributed by atoms with Crippen LogP contribution >= 0.6 is 0 Å². The monoisotopic (exact) mass is 263 g/mol. The molecule has 3 atom stereocenters. The number of nitrogens with one attached hydrogen (secondary N) is 2. The van der Waals surface area contributed by atoms with E-state index in [1.807, 2.05) is 7.05 Å². The lowest BCUT2D eigenvalue weighted by atomic mass is 9.95. The number of fused-ring (bicyclic) bond motifs is 2. The Kier molecular flexibility index (Phi) is 2.76. The third-order valence-corrected chi connectivity index (χ3v) is 5.60. The number of ether oxygens (including phenoxy) is 1. The van der Waals surface area contributed by atoms with Crippen LogP contribution in [-0.2, 0) is 4.74 Å². The second-order valence-corrected chi connectivity index (χ2v) is 6.92. The largest absolute Gasteiger partial charge is 0.373 e. The summed E-state index contributed by atoms with van der Waals surface area (Å²) < 4.78 is 5.89. The molecule has 4 aliphatic rings. The van der Waals surface area contributed by atoms with Crippen molar-refractivity contribution < 1.29 is 4.74 Å². The number of hydrogen-bond acceptors (Lipinski definition) is 2. The maximum absolute atomic E-state index is 5.89. The molecule has 0 radical (unpaired) electrons. The maximum atomic E-state index is 5.89. The molecule has 0 amide bonds. The van der Waals surface area contributed by atoms with Gasteiger partial charge in [0, 0.05) is 13.6 Å². The molecular weight excluding hydrogens is 238 g/mol. The zero-order chi connectivity index (χ0) is 12.9. The molecule has 4 fully saturated rings. The van der Waals surface area contributed by atoms with E-state index in [0.717, 1.165) is 24.8 Å². The lowest BCUT2D eigenvalue weighted by Crippen LogP contribution is -2.48. The van der Waals surface area contributed by atoms with E-state index in [0.29, 0.717) is 23.7 Å². The van der Waals surface area contributed by atoms with Gasteiger partial charge in [-0.1, -0.05) is 0 Å². The highest BCUT2D eigenvalue weighted by Crippen LogP contribution is 2.60. The second-order valence-electron chi connectivity index (χ2n) is 6.92. The molecule has 2 heterocycles. The SMILES string of the molecule is CN=C(NCC1(C2CC2)CC1)NC1CC2CCC1O2. The molecule has 0 aromatic rings. The zero-order valence-electron chi connectivity index (χ0n) is 11.8. The summed E-state index contributed by atoms with van der Waals surface area (Å²) in [7, 11) is 1.88. The molecule has 0 aromatic heterocycles. The molecule has 2 bridgehead atoms. The first-order valence-electron chi connectivity index (χ1n) is 7.92. The van der Waals surface area contributed by atoms with Crippen molar-refractivity contribution >= 4 is 5.96 Å². The van der Waals surface area contributed by atoms with Crippen LogP contribution in [0.4, 0.5) is 0 Å². The highest BCUT2D eigenvalue weighted by molar-refractivity contribution is 5.80. The molecule has 2 aliphatic heterocycles. The van der Waals surface area contributed by atoms with E-state index in [1.54, 1.807) is 0 Å². The van der Waals surface area contributed by atoms with Crippen LogP contribution in [0.5, 0.6) is 0 Å². The van der Waals surface area contributed by atoms with Gasteiger partial charge in [0.2, 0.25) is 0 Å². The third kappa shape index (κ3) is 2.24. The molecule has 2 N–H and O–H groups in total. The van der Waals surface area contributed by atoms with Gasteiger partial charge in [-0.3, -0.25) is 4.99 Å². The minimum Gasteiger partial charge on any atom is -0.373 e. The average molecular weight is 263 g/mol. The van der Waals surface area contributed by atoms with Gasteiger partial charge in [0.15, 0.2) is 5.96 Å². The topological polar surface area (TPSA) is 45.7 Å². The van der Waals surface area contributed by atoms with Crippen molar-refractivity contribution in [2.24, 2.45) is 16.3 Å². The molecule has 4 heteroatoms. The summed E-state index contributed by atoms with van der Waals surface area (Å²) in [5.74, 6) is 1.98. The van der Waals surface area contributed by atoms with E-state index in [2.05, 4.69) is 15.6 Å². The Morgan fingerprint density at radius 3 is 2.63 bits per heavy atom. The van der Waals surface area contributed by atoms with Gasteiger partial charge in [0.25, 0.3) is 0 Å². The average Bonchev–Trinajstić information content (AvgIpc) is 3.33. The fourth-order valence-electron chi connectivity index (χ4n) is 4.01. The lowest BCUT2D eigenvalue weighted by Gasteiger charge is -2.24. The highest BCUT2D eigenvalue weighted by atomic mass is 16.5. The van der Waals surface area contributed by atoms with E-state index in [1.165, 1.54) is 38.5 Å². The molecule has 0 spiro atoms. The van der Waals surface area contributed by atoms with Crippen molar-refractivity contribution in [2.75, 3.05) is 13.6 Å². The van der Waals surface area contributed by atoms with E-state index in [4.69, 9.17) is 4.74 Å². The van der Waals surface area contributed by atoms with Crippen molar-refractivity contribution in [1.29, 1.82) is 0 Å². The Balaban J connectivity index is 1.29. The van der Waals surface area contributed by atoms with Crippen molar-refractivity contribution in [3.8, 4) is 0 Å². The Morgan fingerprint density at radius 2 is 2.11 bits per heavy atom. The van der Waals surface area contributed by atoms with Crippen LogP contribution < -0.4 is 10.6 Å². The standard InChI is InChI=1S/C15H25N3O/c1-16-14(17-9-15(6-7-15)10-2-3-10)18-12-8-11-4-5-13(12)19-11/h10-13H,2-9H2,1H3,(H2,16,17,18). The van der Waals surface area contributed by atoms with Gasteiger partial charge in [0.05, 0.1) is 18.2 Å². The van der Waals surface area contributed by atoms with E-state index in [-0.39, 0.29) is 0 Å². The summed E-state index contributed by atoms with van der Waals surface area (Å²) in [6.45, 7) is 1.11. The predicted octanol–water partition coefficient (Wildman–Crippen LogP) is 1.66. The molecule has 0 aromatic carbocycles. The first-order chi connectivity index (χ1) is 9.29. The smallest absolute Gasteiger partial charge is 0.191 e. The van der Waals surface area contributed by atoms with Crippen molar-refractivity contribution in [2.45, 2.75) is 63.2 Å². The molecule has 19 heavy (non-hydrogen) atoms. The summed E-state index contributed by atoms with van der Waals surface area (Å²) in [5, 5.41) is 7.13. The summed E-state index contributed by atoms with van der Waals surface area (Å²) in [4.78, 5) is 4.38. The van der Waals surface area contributed by atoms with Gasteiger partial charge in [0.1, 0.15) is 0 Å². The Morgan fingerprint density at radius 1 is 1.26 bits per heavy atom. The van der Waals surface area contributed by atoms with E-state index < -0.39 is 0 Å². The quantitative estimate of drug-likeness (QED) is 0.599. The second kappa shape index (κ2) is 4.37. The van der Waals surface area contributed by atoms with Crippen LogP contribution in [0.1, 0.15) is 44.9 Å². The number of guanidine groups is 1. The molecule has 2 aliphatic carbocycles. The third-order valence-electron chi connectivity index (χ3n) is 5.60. The van der Waals surface area contributed by atoms with Crippen LogP contribution in [0, 0.1) is 11.3 Å². The number of rotatable bonds is 4. The van der Waals surface area contributed by atoms with Crippen molar-refractivity contribution in [1.82, 2.24) is 10.6 Å². The van der Waals surface area contributed by atoms with Gasteiger partial charge >= 0.3 is 0 Å².